The van der Waals surface area contributed by atoms with E-state index in [0.717, 1.165) is 19.3 Å². The van der Waals surface area contributed by atoms with Crippen molar-refractivity contribution in [3.05, 3.63) is 0 Å². The van der Waals surface area contributed by atoms with E-state index in [0.29, 0.717) is 0 Å². The molecule has 3 nitrogen and oxygen atoms in total. The number of rotatable bonds is 5. The Morgan fingerprint density at radius 2 is 2.09 bits per heavy atom. The van der Waals surface area contributed by atoms with Gasteiger partial charge in [-0.3, -0.25) is 4.79 Å². The molecule has 3 heteroatoms. The molecule has 11 heavy (non-hydrogen) atoms. The molecular weight excluding hydrogens is 140 g/mol. The standard InChI is InChI=1S/C8H18N2O/c1-4-6-8(5-2,10-3)7(9)11/h10H,4-6H2,1-3H3,(H2,9,11). The molecule has 1 unspecified atom stereocenters. The van der Waals surface area contributed by atoms with E-state index in [1.54, 1.807) is 7.05 Å². The van der Waals surface area contributed by atoms with Gasteiger partial charge in [-0.05, 0) is 19.9 Å². The Labute approximate surface area is 68.3 Å². The van der Waals surface area contributed by atoms with Gasteiger partial charge in [-0.15, -0.1) is 0 Å². The van der Waals surface area contributed by atoms with Gasteiger partial charge in [0.15, 0.2) is 0 Å². The topological polar surface area (TPSA) is 55.1 Å². The van der Waals surface area contributed by atoms with Crippen molar-refractivity contribution >= 4 is 5.91 Å². The third kappa shape index (κ3) is 2.19. The van der Waals surface area contributed by atoms with E-state index in [1.165, 1.54) is 0 Å². The first-order valence-electron chi connectivity index (χ1n) is 4.11. The number of hydrogen-bond acceptors (Lipinski definition) is 2. The van der Waals surface area contributed by atoms with Gasteiger partial charge in [0.25, 0.3) is 0 Å². The Bertz CT molecular complexity index is 130. The number of primary amides is 1. The first kappa shape index (κ1) is 10.4. The van der Waals surface area contributed by atoms with E-state index in [-0.39, 0.29) is 5.91 Å². The molecule has 0 radical (unpaired) electrons. The van der Waals surface area contributed by atoms with Gasteiger partial charge in [-0.25, -0.2) is 0 Å². The number of carbonyl (C=O) groups excluding carboxylic acids is 1. The summed E-state index contributed by atoms with van der Waals surface area (Å²) >= 11 is 0. The summed E-state index contributed by atoms with van der Waals surface area (Å²) in [4.78, 5) is 11.0. The van der Waals surface area contributed by atoms with Gasteiger partial charge in [0, 0.05) is 0 Å². The van der Waals surface area contributed by atoms with E-state index in [2.05, 4.69) is 5.32 Å². The minimum absolute atomic E-state index is 0.246. The van der Waals surface area contributed by atoms with Crippen molar-refractivity contribution in [3.63, 3.8) is 0 Å². The van der Waals surface area contributed by atoms with Gasteiger partial charge in [0.1, 0.15) is 0 Å². The number of nitrogens with one attached hydrogen (secondary N) is 1. The fraction of sp³-hybridized carbons (Fsp3) is 0.875. The lowest BCUT2D eigenvalue weighted by atomic mass is 9.90. The highest BCUT2D eigenvalue weighted by molar-refractivity contribution is 5.84. The molecule has 1 atom stereocenters. The fourth-order valence-electron chi connectivity index (χ4n) is 1.33. The van der Waals surface area contributed by atoms with Crippen LogP contribution in [-0.4, -0.2) is 18.5 Å². The molecule has 1 amide bonds. The Morgan fingerprint density at radius 1 is 1.55 bits per heavy atom. The fourth-order valence-corrected chi connectivity index (χ4v) is 1.33. The number of likely N-dealkylation sites (N-methyl/N-ethyl adjacent to an activating group) is 1. The summed E-state index contributed by atoms with van der Waals surface area (Å²) in [7, 11) is 1.78. The zero-order valence-electron chi connectivity index (χ0n) is 7.61. The average Bonchev–Trinajstić information content (AvgIpc) is 2.00. The normalized spacial score (nSPS) is 15.9. The van der Waals surface area contributed by atoms with E-state index < -0.39 is 5.54 Å². The maximum absolute atomic E-state index is 11.0. The van der Waals surface area contributed by atoms with Crippen molar-refractivity contribution in [1.82, 2.24) is 5.32 Å². The van der Waals surface area contributed by atoms with Gasteiger partial charge >= 0.3 is 0 Å². The van der Waals surface area contributed by atoms with Crippen molar-refractivity contribution < 1.29 is 4.79 Å². The molecule has 0 saturated heterocycles. The molecule has 0 aliphatic heterocycles. The van der Waals surface area contributed by atoms with Crippen molar-refractivity contribution in [2.75, 3.05) is 7.05 Å². The van der Waals surface area contributed by atoms with Crippen LogP contribution in [0, 0.1) is 0 Å². The zero-order valence-corrected chi connectivity index (χ0v) is 7.61. The maximum Gasteiger partial charge on any atom is 0.237 e. The predicted octanol–water partition coefficient (Wildman–Crippen LogP) is 0.640. The molecule has 0 rings (SSSR count). The monoisotopic (exact) mass is 158 g/mol. The van der Waals surface area contributed by atoms with Crippen LogP contribution in [0.2, 0.25) is 0 Å². The molecule has 0 saturated carbocycles. The zero-order chi connectivity index (χ0) is 8.91. The van der Waals surface area contributed by atoms with E-state index in [4.69, 9.17) is 5.73 Å². The van der Waals surface area contributed by atoms with Gasteiger partial charge in [0.2, 0.25) is 5.91 Å². The Balaban J connectivity index is 4.32. The first-order chi connectivity index (χ1) is 5.13. The average molecular weight is 158 g/mol. The van der Waals surface area contributed by atoms with E-state index in [9.17, 15) is 4.79 Å². The lowest BCUT2D eigenvalue weighted by Gasteiger charge is -2.28. The van der Waals surface area contributed by atoms with Crippen LogP contribution >= 0.6 is 0 Å². The lowest BCUT2D eigenvalue weighted by Crippen LogP contribution is -2.53. The molecule has 0 aromatic heterocycles. The number of carbonyl (C=O) groups is 1. The highest BCUT2D eigenvalue weighted by atomic mass is 16.1. The Hall–Kier alpha value is -0.570. The molecule has 0 fully saturated rings. The quantitative estimate of drug-likeness (QED) is 0.617. The third-order valence-corrected chi connectivity index (χ3v) is 2.23. The summed E-state index contributed by atoms with van der Waals surface area (Å²) in [6.07, 6.45) is 2.54. The Kier molecular flexibility index (Phi) is 4.11. The maximum atomic E-state index is 11.0. The Morgan fingerprint density at radius 3 is 2.18 bits per heavy atom. The van der Waals surface area contributed by atoms with Crippen molar-refractivity contribution in [2.24, 2.45) is 5.73 Å². The SMILES string of the molecule is CCCC(CC)(NC)C(N)=O. The predicted molar refractivity (Wildman–Crippen MR) is 46.2 cm³/mol. The molecule has 0 bridgehead atoms. The largest absolute Gasteiger partial charge is 0.368 e. The van der Waals surface area contributed by atoms with Crippen LogP contribution in [0.25, 0.3) is 0 Å². The van der Waals surface area contributed by atoms with E-state index >= 15 is 0 Å². The molecule has 0 heterocycles. The summed E-state index contributed by atoms with van der Waals surface area (Å²) in [6.45, 7) is 4.02. The highest BCUT2D eigenvalue weighted by Crippen LogP contribution is 2.15. The van der Waals surface area contributed by atoms with E-state index in [1.807, 2.05) is 13.8 Å². The third-order valence-electron chi connectivity index (χ3n) is 2.23. The second-order valence-electron chi connectivity index (χ2n) is 2.80. The number of nitrogens with two attached hydrogens (primary N) is 1. The van der Waals surface area contributed by atoms with Crippen molar-refractivity contribution in [3.8, 4) is 0 Å². The summed E-state index contributed by atoms with van der Waals surface area (Å²) in [5.74, 6) is -0.246. The molecule has 0 spiro atoms. The molecule has 0 aromatic rings. The number of amides is 1. The van der Waals surface area contributed by atoms with Gasteiger partial charge in [0.05, 0.1) is 5.54 Å². The minimum atomic E-state index is -0.477. The molecule has 0 aliphatic rings. The number of hydrogen-bond donors (Lipinski definition) is 2. The molecule has 0 aromatic carbocycles. The lowest BCUT2D eigenvalue weighted by molar-refractivity contribution is -0.124. The van der Waals surface area contributed by atoms with Gasteiger partial charge in [-0.2, -0.15) is 0 Å². The van der Waals surface area contributed by atoms with Crippen LogP contribution in [0.15, 0.2) is 0 Å². The minimum Gasteiger partial charge on any atom is -0.368 e. The van der Waals surface area contributed by atoms with Crippen LogP contribution in [0.3, 0.4) is 0 Å². The molecule has 66 valence electrons. The highest BCUT2D eigenvalue weighted by Gasteiger charge is 2.31. The summed E-state index contributed by atoms with van der Waals surface area (Å²) in [6, 6.07) is 0. The van der Waals surface area contributed by atoms with Gasteiger partial charge < -0.3 is 11.1 Å². The summed E-state index contributed by atoms with van der Waals surface area (Å²) in [5.41, 5.74) is 4.80. The summed E-state index contributed by atoms with van der Waals surface area (Å²) in [5, 5.41) is 2.99. The van der Waals surface area contributed by atoms with Crippen LogP contribution in [0.5, 0.6) is 0 Å². The van der Waals surface area contributed by atoms with Crippen molar-refractivity contribution in [2.45, 2.75) is 38.6 Å². The molecular formula is C8H18N2O. The summed E-state index contributed by atoms with van der Waals surface area (Å²) < 4.78 is 0. The van der Waals surface area contributed by atoms with Crippen LogP contribution < -0.4 is 11.1 Å². The second kappa shape index (κ2) is 4.34. The first-order valence-corrected chi connectivity index (χ1v) is 4.11. The molecule has 3 N–H and O–H groups in total. The van der Waals surface area contributed by atoms with Crippen LogP contribution in [0.4, 0.5) is 0 Å². The van der Waals surface area contributed by atoms with Crippen molar-refractivity contribution in [1.29, 1.82) is 0 Å². The van der Waals surface area contributed by atoms with Gasteiger partial charge in [-0.1, -0.05) is 20.3 Å². The van der Waals surface area contributed by atoms with Crippen LogP contribution in [0.1, 0.15) is 33.1 Å². The van der Waals surface area contributed by atoms with Crippen LogP contribution in [-0.2, 0) is 4.79 Å². The second-order valence-corrected chi connectivity index (χ2v) is 2.80. The smallest absolute Gasteiger partial charge is 0.237 e. The molecule has 0 aliphatic carbocycles.